The molecule has 1 N–H and O–H groups in total. The Kier molecular flexibility index (Phi) is 2.10. The molecule has 0 aliphatic heterocycles. The molecule has 1 heterocycles. The number of allylic oxidation sites excluding steroid dienone is 2. The lowest BCUT2D eigenvalue weighted by Gasteiger charge is -2.36. The summed E-state index contributed by atoms with van der Waals surface area (Å²) in [5.74, 6) is 0. The highest BCUT2D eigenvalue weighted by Crippen LogP contribution is 2.43. The predicted octanol–water partition coefficient (Wildman–Crippen LogP) is 3.50. The summed E-state index contributed by atoms with van der Waals surface area (Å²) in [5, 5.41) is 7.08. The van der Waals surface area contributed by atoms with Crippen molar-refractivity contribution in [3.05, 3.63) is 29.6 Å². The number of aromatic nitrogens is 2. The van der Waals surface area contributed by atoms with E-state index in [0.29, 0.717) is 0 Å². The van der Waals surface area contributed by atoms with Crippen molar-refractivity contribution in [1.29, 1.82) is 0 Å². The molecule has 0 spiro atoms. The summed E-state index contributed by atoms with van der Waals surface area (Å²) in [5.41, 5.74) is 2.49. The topological polar surface area (TPSA) is 28.7 Å². The van der Waals surface area contributed by atoms with Crippen LogP contribution in [-0.2, 0) is 0 Å². The Morgan fingerprint density at radius 1 is 1.20 bits per heavy atom. The monoisotopic (exact) mass is 202 g/mol. The maximum Gasteiger partial charge on any atom is 0.0917 e. The third-order valence-electron chi connectivity index (χ3n) is 3.51. The van der Waals surface area contributed by atoms with E-state index in [1.54, 1.807) is 0 Å². The highest BCUT2D eigenvalue weighted by molar-refractivity contribution is 5.65. The Morgan fingerprint density at radius 2 is 1.87 bits per heavy atom. The highest BCUT2D eigenvalue weighted by Gasteiger charge is 2.33. The van der Waals surface area contributed by atoms with Crippen molar-refractivity contribution in [3.63, 3.8) is 0 Å². The standard InChI is InChI=1S/C13H18N2/c1-12(2,3)13(4)7-5-10-9-14-15-11(10)6-8-13/h5-9H,1-4H3,(H,14,15). The molecule has 0 amide bonds. The van der Waals surface area contributed by atoms with E-state index in [0.717, 1.165) is 5.69 Å². The van der Waals surface area contributed by atoms with Gasteiger partial charge >= 0.3 is 0 Å². The molecule has 2 nitrogen and oxygen atoms in total. The van der Waals surface area contributed by atoms with Gasteiger partial charge in [0.1, 0.15) is 0 Å². The molecule has 80 valence electrons. The van der Waals surface area contributed by atoms with Crippen molar-refractivity contribution >= 4 is 12.2 Å². The van der Waals surface area contributed by atoms with Gasteiger partial charge in [-0.1, -0.05) is 45.9 Å². The molecule has 15 heavy (non-hydrogen) atoms. The quantitative estimate of drug-likeness (QED) is 0.685. The Labute approximate surface area is 91.1 Å². The van der Waals surface area contributed by atoms with E-state index in [-0.39, 0.29) is 10.8 Å². The number of fused-ring (bicyclic) bond motifs is 1. The smallest absolute Gasteiger partial charge is 0.0917 e. The summed E-state index contributed by atoms with van der Waals surface area (Å²) in [6.45, 7) is 9.04. The third-order valence-corrected chi connectivity index (χ3v) is 3.51. The normalized spacial score (nSPS) is 25.1. The minimum absolute atomic E-state index is 0.0840. The average Bonchev–Trinajstić information content (AvgIpc) is 2.51. The first-order valence-electron chi connectivity index (χ1n) is 5.35. The molecule has 0 fully saturated rings. The second-order valence-corrected chi connectivity index (χ2v) is 5.43. The van der Waals surface area contributed by atoms with Crippen LogP contribution in [0.5, 0.6) is 0 Å². The van der Waals surface area contributed by atoms with E-state index in [1.165, 1.54) is 5.56 Å². The molecule has 1 aromatic rings. The van der Waals surface area contributed by atoms with Crippen LogP contribution in [0.4, 0.5) is 0 Å². The first-order valence-corrected chi connectivity index (χ1v) is 5.35. The van der Waals surface area contributed by atoms with Crippen LogP contribution in [0.15, 0.2) is 18.3 Å². The summed E-state index contributed by atoms with van der Waals surface area (Å²) < 4.78 is 0. The van der Waals surface area contributed by atoms with Gasteiger partial charge in [0.25, 0.3) is 0 Å². The minimum Gasteiger partial charge on any atom is -0.285 e. The van der Waals surface area contributed by atoms with Gasteiger partial charge in [-0.15, -0.1) is 0 Å². The van der Waals surface area contributed by atoms with E-state index < -0.39 is 0 Å². The zero-order chi connectivity index (χ0) is 11.1. The second-order valence-electron chi connectivity index (χ2n) is 5.43. The van der Waals surface area contributed by atoms with Crippen LogP contribution < -0.4 is 0 Å². The van der Waals surface area contributed by atoms with Crippen LogP contribution >= 0.6 is 0 Å². The Morgan fingerprint density at radius 3 is 2.53 bits per heavy atom. The number of hydrogen-bond acceptors (Lipinski definition) is 1. The Bertz CT molecular complexity index is 387. The van der Waals surface area contributed by atoms with Gasteiger partial charge in [-0.3, -0.25) is 5.10 Å². The fourth-order valence-electron chi connectivity index (χ4n) is 1.65. The molecule has 1 atom stereocenters. The van der Waals surface area contributed by atoms with Crippen LogP contribution in [-0.4, -0.2) is 10.2 Å². The zero-order valence-corrected chi connectivity index (χ0v) is 9.83. The Hall–Kier alpha value is -1.31. The fourth-order valence-corrected chi connectivity index (χ4v) is 1.65. The van der Waals surface area contributed by atoms with Crippen LogP contribution in [0.25, 0.3) is 12.2 Å². The summed E-state index contributed by atoms with van der Waals surface area (Å²) in [6, 6.07) is 0. The molecule has 0 saturated carbocycles. The predicted molar refractivity (Wildman–Crippen MR) is 64.2 cm³/mol. The van der Waals surface area contributed by atoms with Gasteiger partial charge in [-0.2, -0.15) is 5.10 Å². The molecule has 2 heteroatoms. The first kappa shape index (κ1) is 10.2. The maximum absolute atomic E-state index is 4.20. The van der Waals surface area contributed by atoms with Crippen molar-refractivity contribution in [2.75, 3.05) is 0 Å². The van der Waals surface area contributed by atoms with E-state index >= 15 is 0 Å². The molecule has 0 saturated heterocycles. The fraction of sp³-hybridized carbons (Fsp3) is 0.462. The Balaban J connectivity index is 2.45. The molecule has 1 unspecified atom stereocenters. The summed E-state index contributed by atoms with van der Waals surface area (Å²) >= 11 is 0. The van der Waals surface area contributed by atoms with Gasteiger partial charge in [0.2, 0.25) is 0 Å². The summed E-state index contributed by atoms with van der Waals surface area (Å²) in [6.07, 6.45) is 10.7. The number of nitrogens with zero attached hydrogens (tertiary/aromatic N) is 1. The van der Waals surface area contributed by atoms with Gasteiger partial charge in [-0.05, 0) is 11.5 Å². The summed E-state index contributed by atoms with van der Waals surface area (Å²) in [7, 11) is 0. The second kappa shape index (κ2) is 3.09. The number of hydrogen-bond donors (Lipinski definition) is 1. The lowest BCUT2D eigenvalue weighted by atomic mass is 9.68. The van der Waals surface area contributed by atoms with E-state index in [2.05, 4.69) is 62.2 Å². The van der Waals surface area contributed by atoms with Gasteiger partial charge in [0, 0.05) is 17.2 Å². The molecule has 2 rings (SSSR count). The van der Waals surface area contributed by atoms with Crippen LogP contribution in [0.2, 0.25) is 0 Å². The first-order chi connectivity index (χ1) is 6.92. The van der Waals surface area contributed by atoms with Gasteiger partial charge in [0.15, 0.2) is 0 Å². The molecule has 0 bridgehead atoms. The van der Waals surface area contributed by atoms with Crippen LogP contribution in [0, 0.1) is 10.8 Å². The molecule has 0 radical (unpaired) electrons. The SMILES string of the molecule is CC(C)(C)C1(C)C=Cc2c[nH]nc2C=C1. The largest absolute Gasteiger partial charge is 0.285 e. The van der Waals surface area contributed by atoms with E-state index in [9.17, 15) is 0 Å². The molecule has 1 aliphatic carbocycles. The van der Waals surface area contributed by atoms with E-state index in [4.69, 9.17) is 0 Å². The highest BCUT2D eigenvalue weighted by atomic mass is 15.1. The van der Waals surface area contributed by atoms with E-state index in [1.807, 2.05) is 6.20 Å². The third kappa shape index (κ3) is 1.65. The van der Waals surface area contributed by atoms with Crippen molar-refractivity contribution < 1.29 is 0 Å². The maximum atomic E-state index is 4.20. The molecule has 1 aromatic heterocycles. The lowest BCUT2D eigenvalue weighted by molar-refractivity contribution is 0.230. The van der Waals surface area contributed by atoms with Crippen molar-refractivity contribution in [3.8, 4) is 0 Å². The number of H-pyrrole nitrogens is 1. The minimum atomic E-state index is 0.0840. The van der Waals surface area contributed by atoms with Crippen LogP contribution in [0.3, 0.4) is 0 Å². The number of aromatic amines is 1. The zero-order valence-electron chi connectivity index (χ0n) is 9.83. The average molecular weight is 202 g/mol. The summed E-state index contributed by atoms with van der Waals surface area (Å²) in [4.78, 5) is 0. The van der Waals surface area contributed by atoms with Gasteiger partial charge in [-0.25, -0.2) is 0 Å². The van der Waals surface area contributed by atoms with Gasteiger partial charge < -0.3 is 0 Å². The molecule has 1 aliphatic rings. The molecular weight excluding hydrogens is 184 g/mol. The van der Waals surface area contributed by atoms with Crippen molar-refractivity contribution in [1.82, 2.24) is 10.2 Å². The van der Waals surface area contributed by atoms with Crippen LogP contribution in [0.1, 0.15) is 39.0 Å². The molecule has 0 aromatic carbocycles. The van der Waals surface area contributed by atoms with Crippen molar-refractivity contribution in [2.45, 2.75) is 27.7 Å². The van der Waals surface area contributed by atoms with Gasteiger partial charge in [0.05, 0.1) is 5.69 Å². The number of rotatable bonds is 0. The number of nitrogens with one attached hydrogen (secondary N) is 1. The molecular formula is C13H18N2. The van der Waals surface area contributed by atoms with Crippen molar-refractivity contribution in [2.24, 2.45) is 10.8 Å². The lowest BCUT2D eigenvalue weighted by Crippen LogP contribution is -2.28.